The average molecular weight is 487 g/mol. The van der Waals surface area contributed by atoms with E-state index < -0.39 is 5.97 Å². The Balaban J connectivity index is 1.56. The van der Waals surface area contributed by atoms with Gasteiger partial charge in [-0.2, -0.15) is 0 Å². The van der Waals surface area contributed by atoms with Gasteiger partial charge in [0.1, 0.15) is 5.76 Å². The normalized spacial score (nSPS) is 15.7. The molecular weight excluding hydrogens is 456 g/mol. The first-order valence-electron chi connectivity index (χ1n) is 12.0. The minimum atomic E-state index is -0.436. The molecule has 1 aliphatic heterocycles. The molecule has 186 valence electrons. The summed E-state index contributed by atoms with van der Waals surface area (Å²) in [5.41, 5.74) is 4.76. The Kier molecular flexibility index (Phi) is 7.38. The van der Waals surface area contributed by atoms with Crippen molar-refractivity contribution < 1.29 is 23.5 Å². The second-order valence-corrected chi connectivity index (χ2v) is 8.89. The van der Waals surface area contributed by atoms with Crippen molar-refractivity contribution in [2.45, 2.75) is 46.6 Å². The number of anilines is 1. The van der Waals surface area contributed by atoms with Gasteiger partial charge in [0.15, 0.2) is 5.76 Å². The Bertz CT molecular complexity index is 1320. The Hall–Kier alpha value is -4.13. The van der Waals surface area contributed by atoms with E-state index in [-0.39, 0.29) is 43.1 Å². The van der Waals surface area contributed by atoms with Crippen LogP contribution < -0.4 is 5.32 Å². The van der Waals surface area contributed by atoms with Gasteiger partial charge in [-0.05, 0) is 68.7 Å². The van der Waals surface area contributed by atoms with E-state index in [1.807, 2.05) is 62.4 Å². The minimum Gasteiger partial charge on any atom is -0.463 e. The third kappa shape index (κ3) is 5.25. The predicted octanol–water partition coefficient (Wildman–Crippen LogP) is 5.50. The molecule has 2 aromatic carbocycles. The molecule has 0 spiro atoms. The fourth-order valence-corrected chi connectivity index (χ4v) is 4.40. The number of esters is 1. The molecule has 3 aromatic rings. The van der Waals surface area contributed by atoms with Gasteiger partial charge in [0, 0.05) is 23.7 Å². The average Bonchev–Trinajstić information content (AvgIpc) is 3.33. The first kappa shape index (κ1) is 25.0. The van der Waals surface area contributed by atoms with Crippen LogP contribution in [-0.2, 0) is 20.9 Å². The van der Waals surface area contributed by atoms with Crippen molar-refractivity contribution in [1.82, 2.24) is 4.90 Å². The largest absolute Gasteiger partial charge is 0.463 e. The first-order valence-corrected chi connectivity index (χ1v) is 12.0. The maximum atomic E-state index is 13.2. The number of hydrogen-bond donors (Lipinski definition) is 1. The highest BCUT2D eigenvalue weighted by molar-refractivity contribution is 6.02. The number of carbonyl (C=O) groups is 3. The zero-order valence-electron chi connectivity index (χ0n) is 21.0. The fourth-order valence-electron chi connectivity index (χ4n) is 4.40. The number of benzene rings is 2. The number of rotatable bonds is 7. The van der Waals surface area contributed by atoms with Crippen LogP contribution in [0.25, 0.3) is 0 Å². The molecule has 4 rings (SSSR count). The van der Waals surface area contributed by atoms with E-state index in [0.717, 1.165) is 16.7 Å². The highest BCUT2D eigenvalue weighted by Crippen LogP contribution is 2.37. The number of allylic oxidation sites excluding steroid dienone is 1. The first-order chi connectivity index (χ1) is 17.3. The van der Waals surface area contributed by atoms with Crippen molar-refractivity contribution in [3.63, 3.8) is 0 Å². The van der Waals surface area contributed by atoms with Crippen LogP contribution in [0, 0.1) is 13.8 Å². The van der Waals surface area contributed by atoms with E-state index in [1.54, 1.807) is 26.0 Å². The van der Waals surface area contributed by atoms with Crippen molar-refractivity contribution in [1.29, 1.82) is 0 Å². The number of nitrogens with zero attached hydrogens (tertiary/aromatic N) is 1. The van der Waals surface area contributed by atoms with Gasteiger partial charge in [-0.25, -0.2) is 4.79 Å². The molecule has 36 heavy (non-hydrogen) atoms. The summed E-state index contributed by atoms with van der Waals surface area (Å²) in [6.07, 6.45) is 0.135. The minimum absolute atomic E-state index is 0.103. The summed E-state index contributed by atoms with van der Waals surface area (Å²) in [5, 5.41) is 2.84. The summed E-state index contributed by atoms with van der Waals surface area (Å²) in [5.74, 6) is -0.749. The maximum Gasteiger partial charge on any atom is 0.336 e. The molecule has 7 heteroatoms. The molecule has 2 heterocycles. The van der Waals surface area contributed by atoms with E-state index in [0.29, 0.717) is 22.7 Å². The highest BCUT2D eigenvalue weighted by Gasteiger charge is 2.37. The monoisotopic (exact) mass is 486 g/mol. The summed E-state index contributed by atoms with van der Waals surface area (Å²) in [7, 11) is 0. The van der Waals surface area contributed by atoms with Gasteiger partial charge < -0.3 is 19.4 Å². The maximum absolute atomic E-state index is 13.2. The van der Waals surface area contributed by atoms with Gasteiger partial charge >= 0.3 is 5.97 Å². The van der Waals surface area contributed by atoms with E-state index in [2.05, 4.69) is 5.32 Å². The van der Waals surface area contributed by atoms with Gasteiger partial charge in [0.25, 0.3) is 5.91 Å². The van der Waals surface area contributed by atoms with Crippen LogP contribution in [0.1, 0.15) is 59.2 Å². The van der Waals surface area contributed by atoms with E-state index in [1.165, 1.54) is 4.90 Å². The van der Waals surface area contributed by atoms with Crippen molar-refractivity contribution in [2.24, 2.45) is 0 Å². The number of nitrogens with one attached hydrogen (secondary N) is 1. The molecule has 0 bridgehead atoms. The number of hydrogen-bond acceptors (Lipinski definition) is 5. The third-order valence-electron chi connectivity index (χ3n) is 6.48. The lowest BCUT2D eigenvalue weighted by Crippen LogP contribution is -2.38. The van der Waals surface area contributed by atoms with Gasteiger partial charge in [-0.15, -0.1) is 0 Å². The zero-order valence-corrected chi connectivity index (χ0v) is 21.0. The quantitative estimate of drug-likeness (QED) is 0.446. The summed E-state index contributed by atoms with van der Waals surface area (Å²) in [4.78, 5) is 40.3. The zero-order chi connectivity index (χ0) is 25.8. The van der Waals surface area contributed by atoms with Crippen molar-refractivity contribution >= 4 is 23.5 Å². The SMILES string of the molecule is CCOC(=O)C1=C(C)N(Cc2ccc(C(=O)Nc3ccc(C)c(C)c3)o2)C(=O)CC1c1ccccc1. The molecule has 7 nitrogen and oxygen atoms in total. The molecule has 1 unspecified atom stereocenters. The number of amides is 2. The van der Waals surface area contributed by atoms with Gasteiger partial charge in [-0.1, -0.05) is 36.4 Å². The van der Waals surface area contributed by atoms with Crippen LogP contribution in [0.5, 0.6) is 0 Å². The smallest absolute Gasteiger partial charge is 0.336 e. The van der Waals surface area contributed by atoms with Crippen molar-refractivity contribution in [3.8, 4) is 0 Å². The van der Waals surface area contributed by atoms with Crippen LogP contribution in [0.15, 0.2) is 76.4 Å². The molecule has 1 N–H and O–H groups in total. The van der Waals surface area contributed by atoms with Crippen LogP contribution in [0.4, 0.5) is 5.69 Å². The van der Waals surface area contributed by atoms with Gasteiger partial charge in [0.2, 0.25) is 5.91 Å². The molecule has 0 fully saturated rings. The number of aryl methyl sites for hydroxylation is 2. The lowest BCUT2D eigenvalue weighted by atomic mass is 9.83. The van der Waals surface area contributed by atoms with Crippen LogP contribution in [-0.4, -0.2) is 29.3 Å². The van der Waals surface area contributed by atoms with Crippen LogP contribution in [0.2, 0.25) is 0 Å². The molecular formula is C29H30N2O5. The molecule has 0 radical (unpaired) electrons. The molecule has 1 atom stereocenters. The summed E-state index contributed by atoms with van der Waals surface area (Å²) in [6, 6.07) is 18.4. The Morgan fingerprint density at radius 2 is 1.78 bits per heavy atom. The van der Waals surface area contributed by atoms with Crippen molar-refractivity contribution in [3.05, 3.63) is 100 Å². The summed E-state index contributed by atoms with van der Waals surface area (Å²) < 4.78 is 11.1. The Labute approximate surface area is 210 Å². The highest BCUT2D eigenvalue weighted by atomic mass is 16.5. The standard InChI is InChI=1S/C29H30N2O5/c1-5-35-29(34)27-20(4)31(26(32)16-24(27)21-9-7-6-8-10-21)17-23-13-14-25(36-23)28(33)30-22-12-11-18(2)19(3)15-22/h6-15,24H,5,16-17H2,1-4H3,(H,30,33). The number of furan rings is 1. The molecule has 1 aliphatic rings. The summed E-state index contributed by atoms with van der Waals surface area (Å²) in [6.45, 7) is 7.83. The van der Waals surface area contributed by atoms with Crippen LogP contribution in [0.3, 0.4) is 0 Å². The van der Waals surface area contributed by atoms with Crippen molar-refractivity contribution in [2.75, 3.05) is 11.9 Å². The van der Waals surface area contributed by atoms with Gasteiger partial charge in [0.05, 0.1) is 18.7 Å². The number of ether oxygens (including phenoxy) is 1. The molecule has 1 aromatic heterocycles. The van der Waals surface area contributed by atoms with E-state index in [4.69, 9.17) is 9.15 Å². The fraction of sp³-hybridized carbons (Fsp3) is 0.276. The van der Waals surface area contributed by atoms with Crippen LogP contribution >= 0.6 is 0 Å². The lowest BCUT2D eigenvalue weighted by molar-refractivity contribution is -0.140. The Morgan fingerprint density at radius 3 is 2.47 bits per heavy atom. The molecule has 0 saturated carbocycles. The van der Waals surface area contributed by atoms with Gasteiger partial charge in [-0.3, -0.25) is 9.59 Å². The summed E-state index contributed by atoms with van der Waals surface area (Å²) >= 11 is 0. The number of carbonyl (C=O) groups excluding carboxylic acids is 3. The van der Waals surface area contributed by atoms with E-state index >= 15 is 0 Å². The lowest BCUT2D eigenvalue weighted by Gasteiger charge is -2.34. The molecule has 0 saturated heterocycles. The molecule has 0 aliphatic carbocycles. The second kappa shape index (κ2) is 10.6. The van der Waals surface area contributed by atoms with E-state index in [9.17, 15) is 14.4 Å². The predicted molar refractivity (Wildman–Crippen MR) is 136 cm³/mol. The third-order valence-corrected chi connectivity index (χ3v) is 6.48. The second-order valence-electron chi connectivity index (χ2n) is 8.89. The Morgan fingerprint density at radius 1 is 1.03 bits per heavy atom. The topological polar surface area (TPSA) is 88.8 Å². The molecule has 2 amide bonds.